The second-order valence-electron chi connectivity index (χ2n) is 9.07. The molecule has 2 saturated heterocycles. The molecule has 7 nitrogen and oxygen atoms in total. The van der Waals surface area contributed by atoms with Crippen LogP contribution in [0.5, 0.6) is 0 Å². The van der Waals surface area contributed by atoms with Gasteiger partial charge < -0.3 is 9.64 Å². The van der Waals surface area contributed by atoms with E-state index in [-0.39, 0.29) is 22.6 Å². The first kappa shape index (κ1) is 22.3. The van der Waals surface area contributed by atoms with E-state index in [4.69, 9.17) is 17.0 Å². The first-order valence-electron chi connectivity index (χ1n) is 11.9. The van der Waals surface area contributed by atoms with Crippen molar-refractivity contribution >= 4 is 34.8 Å². The highest BCUT2D eigenvalue weighted by Gasteiger charge is 2.41. The number of nitrogens with zero attached hydrogens (tertiary/aromatic N) is 2. The smallest absolute Gasteiger partial charge is 0.263 e. The third-order valence-corrected chi connectivity index (χ3v) is 7.36. The number of thiocarbonyl (C=S) groups is 1. The minimum Gasteiger partial charge on any atom is -0.379 e. The molecule has 3 heterocycles. The third-order valence-electron chi connectivity index (χ3n) is 7.16. The van der Waals surface area contributed by atoms with Gasteiger partial charge in [-0.1, -0.05) is 43.2 Å². The van der Waals surface area contributed by atoms with Crippen LogP contribution >= 0.6 is 12.2 Å². The van der Waals surface area contributed by atoms with Gasteiger partial charge in [-0.25, -0.2) is 0 Å². The van der Waals surface area contributed by atoms with Crippen LogP contribution in [0.15, 0.2) is 47.6 Å². The number of hydrogen-bond donors (Lipinski definition) is 2. The summed E-state index contributed by atoms with van der Waals surface area (Å²) in [5.74, 6) is -0.643. The van der Waals surface area contributed by atoms with Crippen molar-refractivity contribution in [3.8, 4) is 0 Å². The Morgan fingerprint density at radius 2 is 1.67 bits per heavy atom. The lowest BCUT2D eigenvalue weighted by Crippen LogP contribution is -2.53. The third kappa shape index (κ3) is 4.60. The molecule has 4 aliphatic rings. The largest absolute Gasteiger partial charge is 0.379 e. The van der Waals surface area contributed by atoms with E-state index in [9.17, 15) is 9.59 Å². The number of hydrogen-bond acceptors (Lipinski definition) is 6. The zero-order valence-corrected chi connectivity index (χ0v) is 19.5. The van der Waals surface area contributed by atoms with Crippen molar-refractivity contribution in [2.45, 2.75) is 31.7 Å². The van der Waals surface area contributed by atoms with Crippen LogP contribution in [0.4, 0.5) is 0 Å². The Kier molecular flexibility index (Phi) is 6.57. The number of amides is 2. The fraction of sp³-hybridized carbons (Fsp3) is 0.480. The van der Waals surface area contributed by atoms with Gasteiger partial charge in [0, 0.05) is 43.8 Å². The predicted molar refractivity (Wildman–Crippen MR) is 130 cm³/mol. The molecule has 2 atom stereocenters. The van der Waals surface area contributed by atoms with Crippen molar-refractivity contribution in [2.75, 3.05) is 39.4 Å². The van der Waals surface area contributed by atoms with Crippen LogP contribution in [0.2, 0.25) is 0 Å². The topological polar surface area (TPSA) is 73.9 Å². The van der Waals surface area contributed by atoms with Gasteiger partial charge in [0.25, 0.3) is 11.8 Å². The van der Waals surface area contributed by atoms with Crippen LogP contribution in [0.1, 0.15) is 31.2 Å². The van der Waals surface area contributed by atoms with Gasteiger partial charge in [-0.2, -0.15) is 0 Å². The van der Waals surface area contributed by atoms with Gasteiger partial charge in [0.15, 0.2) is 5.11 Å². The van der Waals surface area contributed by atoms with Gasteiger partial charge in [-0.15, -0.1) is 0 Å². The lowest BCUT2D eigenvalue weighted by atomic mass is 9.73. The summed E-state index contributed by atoms with van der Waals surface area (Å²) in [6.45, 7) is 5.38. The number of fused-ring (bicyclic) bond motifs is 1. The Hall–Kier alpha value is -2.55. The van der Waals surface area contributed by atoms with Crippen molar-refractivity contribution in [2.24, 2.45) is 5.92 Å². The summed E-state index contributed by atoms with van der Waals surface area (Å²) < 4.78 is 5.52. The van der Waals surface area contributed by atoms with Gasteiger partial charge in [0.05, 0.1) is 13.2 Å². The van der Waals surface area contributed by atoms with Gasteiger partial charge in [-0.3, -0.25) is 25.1 Å². The predicted octanol–water partition coefficient (Wildman–Crippen LogP) is 2.06. The molecule has 8 heteroatoms. The standard InChI is InChI=1S/C25H30N4O3S/c30-23-22(24(31)27-25(33)26-23)19-16-21(17-6-2-1-3-7-17)29(20-9-5-4-8-18(19)20)11-10-28-12-14-32-15-13-28/h1-3,6-7,16,18,20H,4-5,8-15H2,(H2,26,27,30,31,33). The average Bonchev–Trinajstić information content (AvgIpc) is 2.83. The number of ether oxygens (including phenoxy) is 1. The number of nitrogens with one attached hydrogen (secondary N) is 2. The Labute approximate surface area is 199 Å². The van der Waals surface area contributed by atoms with E-state index in [2.05, 4.69) is 38.6 Å². The molecule has 0 radical (unpaired) electrons. The van der Waals surface area contributed by atoms with Crippen molar-refractivity contribution < 1.29 is 14.3 Å². The fourth-order valence-electron chi connectivity index (χ4n) is 5.57. The Bertz CT molecular complexity index is 978. The molecule has 33 heavy (non-hydrogen) atoms. The van der Waals surface area contributed by atoms with Gasteiger partial charge in [0.1, 0.15) is 5.57 Å². The van der Waals surface area contributed by atoms with E-state index in [0.717, 1.165) is 81.9 Å². The zero-order valence-electron chi connectivity index (χ0n) is 18.7. The maximum atomic E-state index is 12.9. The fourth-order valence-corrected chi connectivity index (χ4v) is 5.75. The molecule has 2 N–H and O–H groups in total. The highest BCUT2D eigenvalue weighted by atomic mass is 32.1. The van der Waals surface area contributed by atoms with Crippen LogP contribution < -0.4 is 10.6 Å². The molecule has 1 aromatic rings. The Morgan fingerprint density at radius 3 is 2.39 bits per heavy atom. The summed E-state index contributed by atoms with van der Waals surface area (Å²) in [5.41, 5.74) is 3.25. The monoisotopic (exact) mass is 466 g/mol. The molecule has 174 valence electrons. The van der Waals surface area contributed by atoms with Crippen LogP contribution in [0.25, 0.3) is 5.70 Å². The van der Waals surface area contributed by atoms with Gasteiger partial charge in [0.2, 0.25) is 0 Å². The van der Waals surface area contributed by atoms with E-state index < -0.39 is 11.8 Å². The summed E-state index contributed by atoms with van der Waals surface area (Å²) in [5, 5.41) is 5.33. The van der Waals surface area contributed by atoms with Crippen molar-refractivity contribution in [1.82, 2.24) is 20.4 Å². The molecule has 0 spiro atoms. The molecule has 5 rings (SSSR count). The molecule has 3 aliphatic heterocycles. The molecule has 2 unspecified atom stereocenters. The molecule has 2 amide bonds. The van der Waals surface area contributed by atoms with Crippen molar-refractivity contribution in [3.05, 3.63) is 53.1 Å². The number of benzene rings is 1. The number of allylic oxidation sites excluding steroid dienone is 1. The normalized spacial score (nSPS) is 26.5. The quantitative estimate of drug-likeness (QED) is 0.402. The molecule has 1 aliphatic carbocycles. The molecule has 1 saturated carbocycles. The summed E-state index contributed by atoms with van der Waals surface area (Å²) in [4.78, 5) is 30.7. The highest BCUT2D eigenvalue weighted by molar-refractivity contribution is 7.80. The molecule has 1 aromatic carbocycles. The van der Waals surface area contributed by atoms with Crippen LogP contribution in [0, 0.1) is 5.92 Å². The zero-order chi connectivity index (χ0) is 22.8. The number of morpholine rings is 1. The SMILES string of the molecule is O=C1NC(=S)NC(=O)C1=C1C=C(c2ccccc2)N(CCN2CCOCC2)C2CCCCC12. The molecule has 0 aromatic heterocycles. The second-order valence-corrected chi connectivity index (χ2v) is 9.48. The Morgan fingerprint density at radius 1 is 0.970 bits per heavy atom. The maximum absolute atomic E-state index is 12.9. The minimum atomic E-state index is -0.395. The van der Waals surface area contributed by atoms with E-state index in [1.165, 1.54) is 0 Å². The van der Waals surface area contributed by atoms with Gasteiger partial charge >= 0.3 is 0 Å². The molecular weight excluding hydrogens is 436 g/mol. The maximum Gasteiger partial charge on any atom is 0.263 e. The summed E-state index contributed by atoms with van der Waals surface area (Å²) in [6, 6.07) is 10.6. The van der Waals surface area contributed by atoms with E-state index >= 15 is 0 Å². The molecular formula is C25H30N4O3S. The van der Waals surface area contributed by atoms with E-state index in [1.54, 1.807) is 0 Å². The van der Waals surface area contributed by atoms with Gasteiger partial charge in [-0.05, 0) is 42.3 Å². The lowest BCUT2D eigenvalue weighted by Gasteiger charge is -2.48. The minimum absolute atomic E-state index is 0.0738. The highest BCUT2D eigenvalue weighted by Crippen LogP contribution is 2.43. The number of rotatable bonds is 4. The second kappa shape index (κ2) is 9.75. The summed E-state index contributed by atoms with van der Waals surface area (Å²) in [6.07, 6.45) is 6.37. The molecule has 0 bridgehead atoms. The van der Waals surface area contributed by atoms with Crippen LogP contribution in [-0.4, -0.2) is 72.2 Å². The summed E-state index contributed by atoms with van der Waals surface area (Å²) in [7, 11) is 0. The Balaban J connectivity index is 1.57. The van der Waals surface area contributed by atoms with Crippen molar-refractivity contribution in [3.63, 3.8) is 0 Å². The van der Waals surface area contributed by atoms with Crippen LogP contribution in [-0.2, 0) is 14.3 Å². The van der Waals surface area contributed by atoms with Crippen LogP contribution in [0.3, 0.4) is 0 Å². The number of carbonyl (C=O) groups excluding carboxylic acids is 2. The first-order valence-corrected chi connectivity index (χ1v) is 12.3. The van der Waals surface area contributed by atoms with E-state index in [1.807, 2.05) is 18.2 Å². The number of carbonyl (C=O) groups is 2. The first-order chi connectivity index (χ1) is 16.1. The molecule has 3 fully saturated rings. The van der Waals surface area contributed by atoms with Crippen molar-refractivity contribution in [1.29, 1.82) is 0 Å². The summed E-state index contributed by atoms with van der Waals surface area (Å²) >= 11 is 5.02. The lowest BCUT2D eigenvalue weighted by molar-refractivity contribution is -0.123. The average molecular weight is 467 g/mol. The van der Waals surface area contributed by atoms with E-state index in [0.29, 0.717) is 0 Å².